The molecule has 0 aliphatic heterocycles. The Morgan fingerprint density at radius 1 is 1.47 bits per heavy atom. The van der Waals surface area contributed by atoms with E-state index in [1.807, 2.05) is 0 Å². The molecule has 0 spiro atoms. The molecule has 1 rings (SSSR count). The zero-order valence-corrected chi connectivity index (χ0v) is 12.7. The van der Waals surface area contributed by atoms with Gasteiger partial charge in [0.1, 0.15) is 10.6 Å². The molecular formula is C11H18N2O4S2. The third-order valence-electron chi connectivity index (χ3n) is 2.32. The standard InChI is InChI=1S/C11H18N2O4S2/c1-8(7-18(3)14)13-19(15,16)11-6-9(12)4-5-10(11)17-2/h4-6,8,13H,7,12H2,1-3H3. The fourth-order valence-electron chi connectivity index (χ4n) is 1.62. The van der Waals surface area contributed by atoms with Gasteiger partial charge in [-0.1, -0.05) is 0 Å². The highest BCUT2D eigenvalue weighted by atomic mass is 32.2. The van der Waals surface area contributed by atoms with Gasteiger partial charge in [-0.3, -0.25) is 4.21 Å². The summed E-state index contributed by atoms with van der Waals surface area (Å²) in [5, 5.41) is 0. The molecule has 1 aromatic rings. The summed E-state index contributed by atoms with van der Waals surface area (Å²) in [6, 6.07) is 3.94. The van der Waals surface area contributed by atoms with Crippen LogP contribution in [0.4, 0.5) is 5.69 Å². The molecule has 1 aromatic carbocycles. The van der Waals surface area contributed by atoms with Crippen LogP contribution in [0.15, 0.2) is 23.1 Å². The molecule has 0 fully saturated rings. The monoisotopic (exact) mass is 306 g/mol. The summed E-state index contributed by atoms with van der Waals surface area (Å²) in [4.78, 5) is -0.0243. The minimum Gasteiger partial charge on any atom is -0.495 e. The van der Waals surface area contributed by atoms with Gasteiger partial charge in [0.05, 0.1) is 7.11 Å². The van der Waals surface area contributed by atoms with Gasteiger partial charge in [0, 0.05) is 34.5 Å². The molecule has 0 radical (unpaired) electrons. The molecule has 2 atom stereocenters. The number of rotatable bonds is 6. The van der Waals surface area contributed by atoms with E-state index in [2.05, 4.69) is 4.72 Å². The van der Waals surface area contributed by atoms with E-state index in [1.165, 1.54) is 25.5 Å². The number of nitrogen functional groups attached to an aromatic ring is 1. The third-order valence-corrected chi connectivity index (χ3v) is 4.90. The Bertz CT molecular complexity index is 572. The van der Waals surface area contributed by atoms with Crippen molar-refractivity contribution in [2.24, 2.45) is 0 Å². The van der Waals surface area contributed by atoms with Crippen LogP contribution in [0, 0.1) is 0 Å². The first kappa shape index (κ1) is 15.9. The van der Waals surface area contributed by atoms with Gasteiger partial charge in [-0.2, -0.15) is 0 Å². The maximum Gasteiger partial charge on any atom is 0.244 e. The van der Waals surface area contributed by atoms with Crippen LogP contribution in [0.2, 0.25) is 0 Å². The largest absolute Gasteiger partial charge is 0.495 e. The Morgan fingerprint density at radius 2 is 2.11 bits per heavy atom. The highest BCUT2D eigenvalue weighted by molar-refractivity contribution is 7.89. The van der Waals surface area contributed by atoms with Crippen molar-refractivity contribution in [3.8, 4) is 5.75 Å². The highest BCUT2D eigenvalue weighted by Crippen LogP contribution is 2.25. The van der Waals surface area contributed by atoms with E-state index in [4.69, 9.17) is 10.5 Å². The molecule has 8 heteroatoms. The summed E-state index contributed by atoms with van der Waals surface area (Å²) in [5.41, 5.74) is 5.92. The second-order valence-corrected chi connectivity index (χ2v) is 7.33. The first-order chi connectivity index (χ1) is 8.76. The normalized spacial score (nSPS) is 14.9. The van der Waals surface area contributed by atoms with Crippen LogP contribution in [0.5, 0.6) is 5.75 Å². The van der Waals surface area contributed by atoms with Crippen LogP contribution in [0.3, 0.4) is 0 Å². The average molecular weight is 306 g/mol. The van der Waals surface area contributed by atoms with E-state index in [1.54, 1.807) is 13.0 Å². The molecule has 6 nitrogen and oxygen atoms in total. The molecule has 0 saturated carbocycles. The number of ether oxygens (including phenoxy) is 1. The van der Waals surface area contributed by atoms with E-state index in [0.29, 0.717) is 5.69 Å². The van der Waals surface area contributed by atoms with Crippen LogP contribution in [-0.2, 0) is 20.8 Å². The lowest BCUT2D eigenvalue weighted by atomic mass is 10.3. The van der Waals surface area contributed by atoms with Crippen molar-refractivity contribution in [2.45, 2.75) is 17.9 Å². The zero-order valence-electron chi connectivity index (χ0n) is 11.0. The van der Waals surface area contributed by atoms with E-state index in [9.17, 15) is 12.6 Å². The molecule has 0 bridgehead atoms. The summed E-state index contributed by atoms with van der Waals surface area (Å²) < 4.78 is 43.0. The fraction of sp³-hybridized carbons (Fsp3) is 0.455. The van der Waals surface area contributed by atoms with Crippen LogP contribution >= 0.6 is 0 Å². The molecule has 108 valence electrons. The number of benzene rings is 1. The van der Waals surface area contributed by atoms with Crippen LogP contribution in [0.1, 0.15) is 6.92 Å². The van der Waals surface area contributed by atoms with Crippen molar-refractivity contribution in [1.82, 2.24) is 4.72 Å². The first-order valence-corrected chi connectivity index (χ1v) is 8.73. The first-order valence-electron chi connectivity index (χ1n) is 5.52. The van der Waals surface area contributed by atoms with Gasteiger partial charge in [0.15, 0.2) is 0 Å². The summed E-state index contributed by atoms with van der Waals surface area (Å²) in [7, 11) is -3.46. The van der Waals surface area contributed by atoms with Crippen LogP contribution in [-0.4, -0.2) is 37.8 Å². The fourth-order valence-corrected chi connectivity index (χ4v) is 3.96. The van der Waals surface area contributed by atoms with Crippen molar-refractivity contribution in [2.75, 3.05) is 24.9 Å². The average Bonchev–Trinajstić information content (AvgIpc) is 2.26. The molecule has 0 heterocycles. The number of methoxy groups -OCH3 is 1. The van der Waals surface area contributed by atoms with E-state index in [0.717, 1.165) is 0 Å². The third kappa shape index (κ3) is 4.48. The Kier molecular flexibility index (Phi) is 5.33. The number of anilines is 1. The maximum atomic E-state index is 12.2. The molecule has 0 saturated heterocycles. The predicted molar refractivity (Wildman–Crippen MR) is 76.1 cm³/mol. The van der Waals surface area contributed by atoms with Crippen molar-refractivity contribution >= 4 is 26.5 Å². The van der Waals surface area contributed by atoms with E-state index in [-0.39, 0.29) is 16.4 Å². The summed E-state index contributed by atoms with van der Waals surface area (Å²) in [6.07, 6.45) is 1.52. The van der Waals surface area contributed by atoms with Crippen LogP contribution in [0.25, 0.3) is 0 Å². The van der Waals surface area contributed by atoms with Gasteiger partial charge in [-0.15, -0.1) is 0 Å². The van der Waals surface area contributed by atoms with E-state index >= 15 is 0 Å². The van der Waals surface area contributed by atoms with Crippen molar-refractivity contribution < 1.29 is 17.4 Å². The number of hydrogen-bond acceptors (Lipinski definition) is 5. The Hall–Kier alpha value is -1.12. The second kappa shape index (κ2) is 6.36. The van der Waals surface area contributed by atoms with Crippen molar-refractivity contribution in [3.63, 3.8) is 0 Å². The summed E-state index contributed by atoms with van der Waals surface area (Å²) in [6.45, 7) is 1.65. The number of nitrogens with one attached hydrogen (secondary N) is 1. The summed E-state index contributed by atoms with van der Waals surface area (Å²) >= 11 is 0. The lowest BCUT2D eigenvalue weighted by Crippen LogP contribution is -2.36. The number of nitrogens with two attached hydrogens (primary N) is 1. The summed E-state index contributed by atoms with van der Waals surface area (Å²) in [5.74, 6) is 0.454. The smallest absolute Gasteiger partial charge is 0.244 e. The van der Waals surface area contributed by atoms with Gasteiger partial charge in [0.25, 0.3) is 0 Å². The van der Waals surface area contributed by atoms with Gasteiger partial charge >= 0.3 is 0 Å². The van der Waals surface area contributed by atoms with Crippen molar-refractivity contribution in [1.29, 1.82) is 0 Å². The Balaban J connectivity index is 3.06. The molecule has 2 unspecified atom stereocenters. The zero-order chi connectivity index (χ0) is 14.6. The highest BCUT2D eigenvalue weighted by Gasteiger charge is 2.22. The molecule has 19 heavy (non-hydrogen) atoms. The lowest BCUT2D eigenvalue weighted by Gasteiger charge is -2.15. The van der Waals surface area contributed by atoms with Gasteiger partial charge in [0.2, 0.25) is 10.0 Å². The minimum absolute atomic E-state index is 0.0243. The van der Waals surface area contributed by atoms with E-state index < -0.39 is 26.9 Å². The predicted octanol–water partition coefficient (Wildman–Crippen LogP) is 0.323. The quantitative estimate of drug-likeness (QED) is 0.738. The molecule has 0 aliphatic rings. The molecule has 3 N–H and O–H groups in total. The van der Waals surface area contributed by atoms with Gasteiger partial charge in [-0.25, -0.2) is 13.1 Å². The molecule has 0 aromatic heterocycles. The van der Waals surface area contributed by atoms with Crippen LogP contribution < -0.4 is 15.2 Å². The van der Waals surface area contributed by atoms with Gasteiger partial charge in [-0.05, 0) is 25.1 Å². The lowest BCUT2D eigenvalue weighted by molar-refractivity contribution is 0.402. The topological polar surface area (TPSA) is 98.5 Å². The molecule has 0 amide bonds. The SMILES string of the molecule is COc1ccc(N)cc1S(=O)(=O)NC(C)CS(C)=O. The number of sulfonamides is 1. The Morgan fingerprint density at radius 3 is 2.63 bits per heavy atom. The second-order valence-electron chi connectivity index (χ2n) is 4.17. The minimum atomic E-state index is -3.76. The molecule has 0 aliphatic carbocycles. The van der Waals surface area contributed by atoms with Gasteiger partial charge < -0.3 is 10.5 Å². The number of hydrogen-bond donors (Lipinski definition) is 2. The maximum absolute atomic E-state index is 12.2. The Labute approximate surface area is 115 Å². The van der Waals surface area contributed by atoms with Crippen molar-refractivity contribution in [3.05, 3.63) is 18.2 Å². The molecular weight excluding hydrogens is 288 g/mol.